The Bertz CT molecular complexity index is 998. The van der Waals surface area contributed by atoms with Crippen molar-refractivity contribution in [1.29, 1.82) is 0 Å². The highest BCUT2D eigenvalue weighted by atomic mass is 35.5. The topological polar surface area (TPSA) is 110 Å². The summed E-state index contributed by atoms with van der Waals surface area (Å²) in [6, 6.07) is 16.0. The van der Waals surface area contributed by atoms with Crippen molar-refractivity contribution in [3.05, 3.63) is 87.1 Å². The van der Waals surface area contributed by atoms with E-state index in [1.54, 1.807) is 36.4 Å². The minimum absolute atomic E-state index is 0.00547. The Labute approximate surface area is 165 Å². The molecular weight excluding hydrogens is 384 g/mol. The number of rotatable bonds is 6. The molecule has 0 fully saturated rings. The molecule has 0 radical (unpaired) electrons. The van der Waals surface area contributed by atoms with Gasteiger partial charge in [0, 0.05) is 29.3 Å². The Hall–Kier alpha value is -3.65. The van der Waals surface area contributed by atoms with Gasteiger partial charge in [0.15, 0.2) is 0 Å². The van der Waals surface area contributed by atoms with E-state index in [1.165, 1.54) is 18.3 Å². The molecule has 3 rings (SSSR count). The highest BCUT2D eigenvalue weighted by Crippen LogP contribution is 2.23. The van der Waals surface area contributed by atoms with Crippen molar-refractivity contribution in [2.75, 3.05) is 0 Å². The highest BCUT2D eigenvalue weighted by Gasteiger charge is 2.08. The zero-order valence-corrected chi connectivity index (χ0v) is 15.2. The van der Waals surface area contributed by atoms with Gasteiger partial charge in [0.2, 0.25) is 0 Å². The summed E-state index contributed by atoms with van der Waals surface area (Å²) in [6.07, 6.45) is 1.36. The Morgan fingerprint density at radius 1 is 1.11 bits per heavy atom. The molecule has 28 heavy (non-hydrogen) atoms. The number of hydrogen-bond acceptors (Lipinski definition) is 5. The number of amides is 2. The minimum atomic E-state index is -0.465. The average Bonchev–Trinajstić information content (AvgIpc) is 3.16. The number of hydrazone groups is 1. The van der Waals surface area contributed by atoms with Gasteiger partial charge in [0.05, 0.1) is 11.1 Å². The molecule has 0 saturated carbocycles. The second kappa shape index (κ2) is 8.83. The SMILES string of the molecule is O=C(NCc1ccc(Cl)cc1)N/N=C/c1ccc(-c2ccc([N+](=O)[O-])cc2)o1. The first kappa shape index (κ1) is 19.1. The number of carbonyl (C=O) groups is 1. The number of benzene rings is 2. The largest absolute Gasteiger partial charge is 0.455 e. The number of hydrogen-bond donors (Lipinski definition) is 2. The van der Waals surface area contributed by atoms with Crippen LogP contribution in [-0.2, 0) is 6.54 Å². The molecule has 142 valence electrons. The monoisotopic (exact) mass is 398 g/mol. The summed E-state index contributed by atoms with van der Waals surface area (Å²) in [6.45, 7) is 0.337. The van der Waals surface area contributed by atoms with Crippen LogP contribution in [0, 0.1) is 10.1 Å². The van der Waals surface area contributed by atoms with Crippen molar-refractivity contribution in [3.63, 3.8) is 0 Å². The van der Waals surface area contributed by atoms with Gasteiger partial charge in [-0.25, -0.2) is 10.2 Å². The zero-order valence-electron chi connectivity index (χ0n) is 14.5. The first-order valence-electron chi connectivity index (χ1n) is 8.17. The van der Waals surface area contributed by atoms with Gasteiger partial charge in [-0.05, 0) is 42.0 Å². The zero-order chi connectivity index (χ0) is 19.9. The van der Waals surface area contributed by atoms with Gasteiger partial charge in [-0.15, -0.1) is 0 Å². The molecule has 3 aromatic rings. The number of urea groups is 1. The quantitative estimate of drug-likeness (QED) is 0.365. The maximum Gasteiger partial charge on any atom is 0.335 e. The van der Waals surface area contributed by atoms with E-state index in [9.17, 15) is 14.9 Å². The summed E-state index contributed by atoms with van der Waals surface area (Å²) in [5.74, 6) is 0.954. The maximum absolute atomic E-state index is 11.7. The Kier molecular flexibility index (Phi) is 6.03. The summed E-state index contributed by atoms with van der Waals surface area (Å²) in [5.41, 5.74) is 3.94. The first-order valence-corrected chi connectivity index (χ1v) is 8.55. The summed E-state index contributed by atoms with van der Waals surface area (Å²) in [5, 5.41) is 17.8. The fourth-order valence-electron chi connectivity index (χ4n) is 2.30. The number of nitrogens with zero attached hydrogens (tertiary/aromatic N) is 2. The second-order valence-corrected chi connectivity index (χ2v) is 6.12. The molecule has 2 aromatic carbocycles. The third-order valence-corrected chi connectivity index (χ3v) is 3.97. The van der Waals surface area contributed by atoms with Gasteiger partial charge < -0.3 is 9.73 Å². The summed E-state index contributed by atoms with van der Waals surface area (Å²) in [7, 11) is 0. The van der Waals surface area contributed by atoms with E-state index >= 15 is 0 Å². The third-order valence-electron chi connectivity index (χ3n) is 3.71. The van der Waals surface area contributed by atoms with Gasteiger partial charge in [-0.1, -0.05) is 23.7 Å². The highest BCUT2D eigenvalue weighted by molar-refractivity contribution is 6.30. The van der Waals surface area contributed by atoms with E-state index in [0.29, 0.717) is 28.7 Å². The van der Waals surface area contributed by atoms with Crippen LogP contribution in [0.4, 0.5) is 10.5 Å². The van der Waals surface area contributed by atoms with E-state index in [1.807, 2.05) is 12.1 Å². The van der Waals surface area contributed by atoms with E-state index < -0.39 is 11.0 Å². The lowest BCUT2D eigenvalue weighted by Gasteiger charge is -2.04. The Morgan fingerprint density at radius 2 is 1.82 bits per heavy atom. The molecule has 1 heterocycles. The molecular formula is C19H15ClN4O4. The van der Waals surface area contributed by atoms with Crippen LogP contribution in [0.25, 0.3) is 11.3 Å². The molecule has 0 aliphatic heterocycles. The molecule has 0 aliphatic rings. The maximum atomic E-state index is 11.7. The predicted octanol–water partition coefficient (Wildman–Crippen LogP) is 4.34. The van der Waals surface area contributed by atoms with Crippen molar-refractivity contribution in [1.82, 2.24) is 10.7 Å². The second-order valence-electron chi connectivity index (χ2n) is 5.69. The normalized spacial score (nSPS) is 10.8. The smallest absolute Gasteiger partial charge is 0.335 e. The van der Waals surface area contributed by atoms with Crippen LogP contribution >= 0.6 is 11.6 Å². The number of non-ortho nitro benzene ring substituents is 1. The fourth-order valence-corrected chi connectivity index (χ4v) is 2.43. The molecule has 0 aliphatic carbocycles. The van der Waals surface area contributed by atoms with Crippen LogP contribution in [0.5, 0.6) is 0 Å². The van der Waals surface area contributed by atoms with Gasteiger partial charge in [0.25, 0.3) is 5.69 Å². The summed E-state index contributed by atoms with van der Waals surface area (Å²) in [4.78, 5) is 22.0. The number of nitrogens with one attached hydrogen (secondary N) is 2. The van der Waals surface area contributed by atoms with Crippen molar-refractivity contribution in [2.45, 2.75) is 6.54 Å². The first-order chi connectivity index (χ1) is 13.5. The van der Waals surface area contributed by atoms with E-state index in [2.05, 4.69) is 15.8 Å². The lowest BCUT2D eigenvalue weighted by atomic mass is 10.1. The fraction of sp³-hybridized carbons (Fsp3) is 0.0526. The third kappa shape index (κ3) is 5.18. The van der Waals surface area contributed by atoms with Gasteiger partial charge in [-0.3, -0.25) is 10.1 Å². The van der Waals surface area contributed by atoms with E-state index in [-0.39, 0.29) is 5.69 Å². The predicted molar refractivity (Wildman–Crippen MR) is 105 cm³/mol. The van der Waals surface area contributed by atoms with Crippen LogP contribution < -0.4 is 10.7 Å². The Morgan fingerprint density at radius 3 is 2.50 bits per heavy atom. The standard InChI is InChI=1S/C19H15ClN4O4/c20-15-5-1-13(2-6-15)11-21-19(25)23-22-12-17-9-10-18(28-17)14-3-7-16(8-4-14)24(26)27/h1-10,12H,11H2,(H2,21,23,25)/b22-12+. The van der Waals surface area contributed by atoms with Gasteiger partial charge in [0.1, 0.15) is 11.5 Å². The molecule has 0 saturated heterocycles. The van der Waals surface area contributed by atoms with E-state index in [4.69, 9.17) is 16.0 Å². The van der Waals surface area contributed by atoms with E-state index in [0.717, 1.165) is 5.56 Å². The van der Waals surface area contributed by atoms with Crippen molar-refractivity contribution < 1.29 is 14.1 Å². The number of nitro benzene ring substituents is 1. The van der Waals surface area contributed by atoms with Crippen LogP contribution in [0.3, 0.4) is 0 Å². The van der Waals surface area contributed by atoms with Crippen LogP contribution in [0.2, 0.25) is 5.02 Å². The average molecular weight is 399 g/mol. The lowest BCUT2D eigenvalue weighted by molar-refractivity contribution is -0.384. The van der Waals surface area contributed by atoms with Gasteiger partial charge >= 0.3 is 6.03 Å². The molecule has 0 unspecified atom stereocenters. The van der Waals surface area contributed by atoms with Crippen LogP contribution in [0.15, 0.2) is 70.2 Å². The number of furan rings is 1. The van der Waals surface area contributed by atoms with Crippen molar-refractivity contribution >= 4 is 29.5 Å². The molecule has 8 nitrogen and oxygen atoms in total. The molecule has 1 aromatic heterocycles. The summed E-state index contributed by atoms with van der Waals surface area (Å²) < 4.78 is 5.59. The molecule has 2 N–H and O–H groups in total. The van der Waals surface area contributed by atoms with Crippen LogP contribution in [-0.4, -0.2) is 17.2 Å². The molecule has 0 spiro atoms. The molecule has 9 heteroatoms. The molecule has 2 amide bonds. The lowest BCUT2D eigenvalue weighted by Crippen LogP contribution is -2.31. The summed E-state index contributed by atoms with van der Waals surface area (Å²) >= 11 is 5.81. The van der Waals surface area contributed by atoms with Crippen molar-refractivity contribution in [2.24, 2.45) is 5.10 Å². The van der Waals surface area contributed by atoms with Gasteiger partial charge in [-0.2, -0.15) is 5.10 Å². The van der Waals surface area contributed by atoms with Crippen LogP contribution in [0.1, 0.15) is 11.3 Å². The molecule has 0 bridgehead atoms. The minimum Gasteiger partial charge on any atom is -0.455 e. The number of nitro groups is 1. The van der Waals surface area contributed by atoms with Crippen molar-refractivity contribution in [3.8, 4) is 11.3 Å². The Balaban J connectivity index is 1.51. The molecule has 0 atom stereocenters. The number of carbonyl (C=O) groups excluding carboxylic acids is 1. The number of halogens is 1.